The number of halogens is 1. The summed E-state index contributed by atoms with van der Waals surface area (Å²) in [5.74, 6) is -0.844. The van der Waals surface area contributed by atoms with Gasteiger partial charge in [0, 0.05) is 6.54 Å². The molecule has 0 radical (unpaired) electrons. The third-order valence-corrected chi connectivity index (χ3v) is 3.92. The molecule has 0 heterocycles. The second kappa shape index (κ2) is 7.51. The van der Waals surface area contributed by atoms with Crippen molar-refractivity contribution in [2.75, 3.05) is 6.54 Å². The van der Waals surface area contributed by atoms with Gasteiger partial charge in [-0.25, -0.2) is 17.9 Å². The van der Waals surface area contributed by atoms with Crippen molar-refractivity contribution < 1.29 is 17.6 Å². The first-order valence-electron chi connectivity index (χ1n) is 6.82. The lowest BCUT2D eigenvalue weighted by Gasteiger charge is -2.08. The Morgan fingerprint density at radius 1 is 1.33 bits per heavy atom. The minimum absolute atomic E-state index is 0.189. The number of hydrogen-bond donors (Lipinski definition) is 2. The minimum atomic E-state index is -3.97. The second-order valence-corrected chi connectivity index (χ2v) is 6.89. The van der Waals surface area contributed by atoms with Crippen molar-refractivity contribution >= 4 is 15.9 Å². The van der Waals surface area contributed by atoms with E-state index in [1.54, 1.807) is 0 Å². The fourth-order valence-electron chi connectivity index (χ4n) is 1.83. The monoisotopic (exact) mass is 316 g/mol. The molecule has 0 fully saturated rings. The van der Waals surface area contributed by atoms with Gasteiger partial charge in [0.25, 0.3) is 5.91 Å². The average molecular weight is 316 g/mol. The first-order chi connectivity index (χ1) is 9.71. The zero-order chi connectivity index (χ0) is 16.0. The van der Waals surface area contributed by atoms with Gasteiger partial charge in [0.15, 0.2) is 0 Å². The van der Waals surface area contributed by atoms with Gasteiger partial charge in [0.1, 0.15) is 5.82 Å². The maximum Gasteiger partial charge on any atom is 0.254 e. The van der Waals surface area contributed by atoms with E-state index in [2.05, 4.69) is 19.2 Å². The summed E-state index contributed by atoms with van der Waals surface area (Å²) in [5, 5.41) is 7.51. The standard InChI is InChI=1S/C14H21FN2O3S/c1-10(2)5-3-4-8-17-14(18)12-7-6-11(9-13(12)15)21(16,19)20/h6-7,9-10H,3-5,8H2,1-2H3,(H,17,18)(H2,16,19,20). The van der Waals surface area contributed by atoms with Crippen LogP contribution in [0.5, 0.6) is 0 Å². The van der Waals surface area contributed by atoms with E-state index in [-0.39, 0.29) is 10.5 Å². The molecule has 1 rings (SSSR count). The third-order valence-electron chi connectivity index (χ3n) is 3.01. The summed E-state index contributed by atoms with van der Waals surface area (Å²) in [4.78, 5) is 11.4. The molecule has 0 atom stereocenters. The van der Waals surface area contributed by atoms with E-state index >= 15 is 0 Å². The number of primary sulfonamides is 1. The van der Waals surface area contributed by atoms with Crippen molar-refractivity contribution in [2.45, 2.75) is 38.0 Å². The van der Waals surface area contributed by atoms with Gasteiger partial charge in [-0.15, -0.1) is 0 Å². The highest BCUT2D eigenvalue weighted by Crippen LogP contribution is 2.14. The van der Waals surface area contributed by atoms with Gasteiger partial charge < -0.3 is 5.32 Å². The van der Waals surface area contributed by atoms with Crippen LogP contribution >= 0.6 is 0 Å². The van der Waals surface area contributed by atoms with Crippen molar-refractivity contribution in [3.05, 3.63) is 29.6 Å². The van der Waals surface area contributed by atoms with E-state index in [1.807, 2.05) is 0 Å². The van der Waals surface area contributed by atoms with Gasteiger partial charge in [-0.1, -0.05) is 26.7 Å². The predicted octanol–water partition coefficient (Wildman–Crippen LogP) is 2.03. The number of unbranched alkanes of at least 4 members (excludes halogenated alkanes) is 1. The van der Waals surface area contributed by atoms with Crippen molar-refractivity contribution in [1.82, 2.24) is 5.32 Å². The Kier molecular flexibility index (Phi) is 6.29. The second-order valence-electron chi connectivity index (χ2n) is 5.33. The molecule has 0 bridgehead atoms. The van der Waals surface area contributed by atoms with Crippen LogP contribution < -0.4 is 10.5 Å². The van der Waals surface area contributed by atoms with E-state index in [0.717, 1.165) is 37.5 Å². The van der Waals surface area contributed by atoms with Crippen LogP contribution in [0.3, 0.4) is 0 Å². The molecule has 0 saturated heterocycles. The Morgan fingerprint density at radius 2 is 2.00 bits per heavy atom. The lowest BCUT2D eigenvalue weighted by Crippen LogP contribution is -2.25. The molecular weight excluding hydrogens is 295 g/mol. The van der Waals surface area contributed by atoms with E-state index < -0.39 is 21.7 Å². The zero-order valence-electron chi connectivity index (χ0n) is 12.2. The molecular formula is C14H21FN2O3S. The Balaban J connectivity index is 2.59. The number of nitrogens with one attached hydrogen (secondary N) is 1. The highest BCUT2D eigenvalue weighted by molar-refractivity contribution is 7.89. The normalized spacial score (nSPS) is 11.7. The molecule has 21 heavy (non-hydrogen) atoms. The Labute approximate surface area is 124 Å². The summed E-state index contributed by atoms with van der Waals surface area (Å²) in [7, 11) is -3.97. The number of sulfonamides is 1. The molecule has 0 aliphatic carbocycles. The molecule has 0 unspecified atom stereocenters. The van der Waals surface area contributed by atoms with E-state index in [1.165, 1.54) is 0 Å². The largest absolute Gasteiger partial charge is 0.352 e. The summed E-state index contributed by atoms with van der Waals surface area (Å²) in [6.07, 6.45) is 2.89. The predicted molar refractivity (Wildman–Crippen MR) is 78.8 cm³/mol. The fourth-order valence-corrected chi connectivity index (χ4v) is 2.36. The molecule has 0 aromatic heterocycles. The first kappa shape index (κ1) is 17.6. The van der Waals surface area contributed by atoms with Gasteiger partial charge in [0.2, 0.25) is 10.0 Å². The lowest BCUT2D eigenvalue weighted by molar-refractivity contribution is 0.0948. The molecule has 0 aliphatic heterocycles. The van der Waals surface area contributed by atoms with Gasteiger partial charge in [-0.05, 0) is 30.5 Å². The van der Waals surface area contributed by atoms with Gasteiger partial charge in [0.05, 0.1) is 10.5 Å². The third kappa shape index (κ3) is 5.81. The molecule has 118 valence electrons. The number of benzene rings is 1. The van der Waals surface area contributed by atoms with E-state index in [4.69, 9.17) is 5.14 Å². The van der Waals surface area contributed by atoms with Crippen LogP contribution in [-0.2, 0) is 10.0 Å². The zero-order valence-corrected chi connectivity index (χ0v) is 13.0. The molecule has 1 aromatic rings. The number of hydrogen-bond acceptors (Lipinski definition) is 3. The number of nitrogens with two attached hydrogens (primary N) is 1. The smallest absolute Gasteiger partial charge is 0.254 e. The van der Waals surface area contributed by atoms with E-state index in [0.29, 0.717) is 12.5 Å². The number of carbonyl (C=O) groups excluding carboxylic acids is 1. The molecule has 1 amide bonds. The molecule has 3 N–H and O–H groups in total. The highest BCUT2D eigenvalue weighted by atomic mass is 32.2. The van der Waals surface area contributed by atoms with Crippen LogP contribution in [0.15, 0.2) is 23.1 Å². The maximum atomic E-state index is 13.7. The summed E-state index contributed by atoms with van der Waals surface area (Å²) in [5.41, 5.74) is -0.189. The number of carbonyl (C=O) groups is 1. The molecule has 0 saturated carbocycles. The summed E-state index contributed by atoms with van der Waals surface area (Å²) < 4.78 is 35.9. The molecule has 0 aliphatic rings. The molecule has 0 spiro atoms. The molecule has 1 aromatic carbocycles. The average Bonchev–Trinajstić information content (AvgIpc) is 2.36. The molecule has 7 heteroatoms. The Hall–Kier alpha value is -1.47. The highest BCUT2D eigenvalue weighted by Gasteiger charge is 2.15. The topological polar surface area (TPSA) is 89.3 Å². The number of amides is 1. The van der Waals surface area contributed by atoms with Crippen LogP contribution in [0.1, 0.15) is 43.5 Å². The summed E-state index contributed by atoms with van der Waals surface area (Å²) in [6.45, 7) is 4.71. The SMILES string of the molecule is CC(C)CCCCNC(=O)c1ccc(S(N)(=O)=O)cc1F. The van der Waals surface area contributed by atoms with Crippen LogP contribution in [0.2, 0.25) is 0 Å². The maximum absolute atomic E-state index is 13.7. The lowest BCUT2D eigenvalue weighted by atomic mass is 10.1. The minimum Gasteiger partial charge on any atom is -0.352 e. The molecule has 5 nitrogen and oxygen atoms in total. The van der Waals surface area contributed by atoms with Crippen molar-refractivity contribution in [1.29, 1.82) is 0 Å². The van der Waals surface area contributed by atoms with Gasteiger partial charge in [-0.2, -0.15) is 0 Å². The number of rotatable bonds is 7. The Morgan fingerprint density at radius 3 is 2.52 bits per heavy atom. The van der Waals surface area contributed by atoms with Crippen molar-refractivity contribution in [3.63, 3.8) is 0 Å². The van der Waals surface area contributed by atoms with Crippen LogP contribution in [0.4, 0.5) is 4.39 Å². The van der Waals surface area contributed by atoms with Gasteiger partial charge >= 0.3 is 0 Å². The van der Waals surface area contributed by atoms with Crippen LogP contribution in [-0.4, -0.2) is 20.9 Å². The first-order valence-corrected chi connectivity index (χ1v) is 8.37. The quantitative estimate of drug-likeness (QED) is 0.754. The van der Waals surface area contributed by atoms with Crippen molar-refractivity contribution in [2.24, 2.45) is 11.1 Å². The summed E-state index contributed by atoms with van der Waals surface area (Å²) >= 11 is 0. The summed E-state index contributed by atoms with van der Waals surface area (Å²) in [6, 6.07) is 2.99. The fraction of sp³-hybridized carbons (Fsp3) is 0.500. The van der Waals surface area contributed by atoms with Crippen LogP contribution in [0, 0.1) is 11.7 Å². The van der Waals surface area contributed by atoms with Gasteiger partial charge in [-0.3, -0.25) is 4.79 Å². The van der Waals surface area contributed by atoms with Crippen molar-refractivity contribution in [3.8, 4) is 0 Å². The van der Waals surface area contributed by atoms with E-state index in [9.17, 15) is 17.6 Å². The Bertz CT molecular complexity index is 600. The van der Waals surface area contributed by atoms with Crippen LogP contribution in [0.25, 0.3) is 0 Å².